The van der Waals surface area contributed by atoms with Crippen molar-refractivity contribution in [2.45, 2.75) is 26.2 Å². The lowest BCUT2D eigenvalue weighted by molar-refractivity contribution is 0.976. The SMILES string of the molecule is CC1=CC=C(c2c3cc4c(cc3c(-c3ccncc3)c3c5cccc6c7ccccc7cc(c23)c65)c2cc3c(c5cccc4c52)C=CCC=C3)C=CCC1. The molecule has 0 N–H and O–H groups in total. The van der Waals surface area contributed by atoms with Crippen molar-refractivity contribution in [2.24, 2.45) is 0 Å². The van der Waals surface area contributed by atoms with Crippen LogP contribution in [-0.2, 0) is 0 Å². The fourth-order valence-corrected chi connectivity index (χ4v) is 10.0. The standard InChI is InChI=1S/C53H35N/c1-31-11-5-6-12-32(22-21-31)48-45-29-42-40-19-9-17-38-36-15-4-2-3-13-34(36)27-44(50(38)40)43(42)30-46(45)49(33-23-25-54-26-24-33)52-41-20-10-18-39-37-16-8-7-14-35(37)28-47(51(39)41)53(48)52/h3-4,6-10,12-30H,2,5,11H2,1H3. The average molecular weight is 686 g/mol. The number of pyridine rings is 1. The third-order valence-electron chi connectivity index (χ3n) is 12.3. The van der Waals surface area contributed by atoms with E-state index < -0.39 is 0 Å². The fourth-order valence-electron chi connectivity index (χ4n) is 10.0. The van der Waals surface area contributed by atoms with Gasteiger partial charge in [0.1, 0.15) is 0 Å². The van der Waals surface area contributed by atoms with Crippen molar-refractivity contribution in [3.8, 4) is 11.1 Å². The molecule has 0 bridgehead atoms. The minimum atomic E-state index is 0.958. The Morgan fingerprint density at radius 2 is 1.19 bits per heavy atom. The van der Waals surface area contributed by atoms with Gasteiger partial charge in [0.2, 0.25) is 0 Å². The van der Waals surface area contributed by atoms with Crippen molar-refractivity contribution < 1.29 is 0 Å². The van der Waals surface area contributed by atoms with E-state index in [4.69, 9.17) is 0 Å². The van der Waals surface area contributed by atoms with Crippen LogP contribution in [0.1, 0.15) is 42.9 Å². The van der Waals surface area contributed by atoms with Gasteiger partial charge >= 0.3 is 0 Å². The van der Waals surface area contributed by atoms with Gasteiger partial charge in [-0.05, 0) is 182 Å². The van der Waals surface area contributed by atoms with Gasteiger partial charge in [-0.1, -0.05) is 115 Å². The highest BCUT2D eigenvalue weighted by Crippen LogP contribution is 2.53. The molecule has 9 aromatic carbocycles. The Morgan fingerprint density at radius 3 is 2.07 bits per heavy atom. The number of hydrogen-bond acceptors (Lipinski definition) is 1. The molecule has 10 aromatic rings. The van der Waals surface area contributed by atoms with Crippen molar-refractivity contribution in [1.82, 2.24) is 4.98 Å². The van der Waals surface area contributed by atoms with Crippen molar-refractivity contribution >= 4 is 104 Å². The van der Waals surface area contributed by atoms with Gasteiger partial charge in [-0.2, -0.15) is 0 Å². The topological polar surface area (TPSA) is 12.9 Å². The molecule has 0 unspecified atom stereocenters. The molecule has 0 aliphatic heterocycles. The molecule has 2 aliphatic rings. The molecule has 1 heterocycles. The lowest BCUT2D eigenvalue weighted by Gasteiger charge is -2.18. The number of fused-ring (bicyclic) bond motifs is 11. The van der Waals surface area contributed by atoms with Gasteiger partial charge in [-0.25, -0.2) is 0 Å². The second kappa shape index (κ2) is 11.2. The van der Waals surface area contributed by atoms with Crippen LogP contribution in [0.3, 0.4) is 0 Å². The van der Waals surface area contributed by atoms with Crippen LogP contribution in [-0.4, -0.2) is 4.98 Å². The Morgan fingerprint density at radius 1 is 0.481 bits per heavy atom. The van der Waals surface area contributed by atoms with Gasteiger partial charge in [0.15, 0.2) is 0 Å². The first-order valence-electron chi connectivity index (χ1n) is 19.2. The van der Waals surface area contributed by atoms with Gasteiger partial charge in [-0.3, -0.25) is 4.98 Å². The van der Waals surface area contributed by atoms with Crippen LogP contribution in [0.25, 0.3) is 115 Å². The molecule has 1 heteroatoms. The maximum Gasteiger partial charge on any atom is 0.0273 e. The zero-order valence-corrected chi connectivity index (χ0v) is 30.1. The summed E-state index contributed by atoms with van der Waals surface area (Å²) in [5.74, 6) is 0. The third-order valence-corrected chi connectivity index (χ3v) is 12.3. The van der Waals surface area contributed by atoms with Crippen molar-refractivity contribution in [1.29, 1.82) is 0 Å². The van der Waals surface area contributed by atoms with E-state index in [1.807, 2.05) is 12.4 Å². The maximum absolute atomic E-state index is 4.50. The zero-order valence-electron chi connectivity index (χ0n) is 30.1. The van der Waals surface area contributed by atoms with Crippen molar-refractivity contribution in [3.05, 3.63) is 168 Å². The van der Waals surface area contributed by atoms with E-state index in [1.54, 1.807) is 0 Å². The first kappa shape index (κ1) is 29.9. The van der Waals surface area contributed by atoms with Crippen molar-refractivity contribution in [3.63, 3.8) is 0 Å². The lowest BCUT2D eigenvalue weighted by atomic mass is 9.85. The van der Waals surface area contributed by atoms with Gasteiger partial charge in [0, 0.05) is 12.4 Å². The molecular weight excluding hydrogens is 651 g/mol. The Balaban J connectivity index is 1.38. The van der Waals surface area contributed by atoms with Crippen LogP contribution in [0, 0.1) is 0 Å². The first-order chi connectivity index (χ1) is 26.7. The van der Waals surface area contributed by atoms with E-state index in [-0.39, 0.29) is 0 Å². The maximum atomic E-state index is 4.50. The van der Waals surface area contributed by atoms with Crippen LogP contribution in [0.15, 0.2) is 151 Å². The quantitative estimate of drug-likeness (QED) is 0.165. The second-order valence-electron chi connectivity index (χ2n) is 15.3. The summed E-state index contributed by atoms with van der Waals surface area (Å²) < 4.78 is 0. The fraction of sp³-hybridized carbons (Fsp3) is 0.0755. The van der Waals surface area contributed by atoms with Crippen LogP contribution in [0.2, 0.25) is 0 Å². The molecule has 1 nitrogen and oxygen atoms in total. The molecule has 0 atom stereocenters. The molecule has 0 spiro atoms. The van der Waals surface area contributed by atoms with E-state index >= 15 is 0 Å². The molecule has 0 amide bonds. The Hall–Kier alpha value is -6.57. The second-order valence-corrected chi connectivity index (χ2v) is 15.3. The Kier molecular flexibility index (Phi) is 6.22. The summed E-state index contributed by atoms with van der Waals surface area (Å²) in [5.41, 5.74) is 9.09. The zero-order chi connectivity index (χ0) is 35.5. The smallest absolute Gasteiger partial charge is 0.0273 e. The number of aromatic nitrogens is 1. The number of rotatable bonds is 2. The predicted molar refractivity (Wildman–Crippen MR) is 235 cm³/mol. The lowest BCUT2D eigenvalue weighted by Crippen LogP contribution is -1.93. The van der Waals surface area contributed by atoms with Crippen LogP contribution >= 0.6 is 0 Å². The summed E-state index contributed by atoms with van der Waals surface area (Å²) in [6, 6.07) is 37.2. The molecular formula is C53H35N. The molecule has 0 saturated heterocycles. The van der Waals surface area contributed by atoms with E-state index in [0.717, 1.165) is 19.3 Å². The monoisotopic (exact) mass is 685 g/mol. The van der Waals surface area contributed by atoms with E-state index in [2.05, 4.69) is 158 Å². The highest BCUT2D eigenvalue weighted by molar-refractivity contribution is 6.42. The van der Waals surface area contributed by atoms with Gasteiger partial charge in [0.05, 0.1) is 0 Å². The molecule has 2 aliphatic carbocycles. The predicted octanol–water partition coefficient (Wildman–Crippen LogP) is 15.0. The summed E-state index contributed by atoms with van der Waals surface area (Å²) in [6.07, 6.45) is 25.7. The minimum absolute atomic E-state index is 0.958. The van der Waals surface area contributed by atoms with Gasteiger partial charge in [-0.15, -0.1) is 0 Å². The van der Waals surface area contributed by atoms with Crippen LogP contribution < -0.4 is 0 Å². The molecule has 252 valence electrons. The minimum Gasteiger partial charge on any atom is -0.265 e. The normalized spacial score (nSPS) is 14.9. The number of allylic oxidation sites excluding steroid dienone is 8. The summed E-state index contributed by atoms with van der Waals surface area (Å²) in [5, 5.41) is 21.1. The van der Waals surface area contributed by atoms with E-state index in [9.17, 15) is 0 Å². The molecule has 0 saturated carbocycles. The average Bonchev–Trinajstić information content (AvgIpc) is 3.56. The number of hydrogen-bond donors (Lipinski definition) is 0. The van der Waals surface area contributed by atoms with Gasteiger partial charge < -0.3 is 0 Å². The summed E-state index contributed by atoms with van der Waals surface area (Å²) >= 11 is 0. The summed E-state index contributed by atoms with van der Waals surface area (Å²) in [7, 11) is 0. The van der Waals surface area contributed by atoms with Crippen LogP contribution in [0.5, 0.6) is 0 Å². The number of benzene rings is 7. The van der Waals surface area contributed by atoms with Crippen LogP contribution in [0.4, 0.5) is 0 Å². The third kappa shape index (κ3) is 4.07. The molecule has 54 heavy (non-hydrogen) atoms. The Labute approximate surface area is 313 Å². The highest BCUT2D eigenvalue weighted by atomic mass is 14.6. The first-order valence-corrected chi connectivity index (χ1v) is 19.2. The summed E-state index contributed by atoms with van der Waals surface area (Å²) in [4.78, 5) is 4.50. The van der Waals surface area contributed by atoms with Crippen molar-refractivity contribution in [2.75, 3.05) is 0 Å². The Bertz CT molecular complexity index is 3390. The molecule has 0 fully saturated rings. The molecule has 12 rings (SSSR count). The van der Waals surface area contributed by atoms with E-state index in [1.165, 1.54) is 125 Å². The largest absolute Gasteiger partial charge is 0.265 e. The van der Waals surface area contributed by atoms with E-state index in [0.29, 0.717) is 0 Å². The highest BCUT2D eigenvalue weighted by Gasteiger charge is 2.26. The number of nitrogens with zero attached hydrogens (tertiary/aromatic N) is 1. The van der Waals surface area contributed by atoms with Gasteiger partial charge in [0.25, 0.3) is 0 Å². The molecule has 0 radical (unpaired) electrons. The molecule has 1 aromatic heterocycles. The summed E-state index contributed by atoms with van der Waals surface area (Å²) in [6.45, 7) is 2.27.